The molecule has 146 valence electrons. The number of Topliss-reactive ketones (excluding diaryl/α,β-unsaturated/α-hetero) is 1. The summed E-state index contributed by atoms with van der Waals surface area (Å²) in [5.41, 5.74) is 0.364. The topological polar surface area (TPSA) is 107 Å². The van der Waals surface area contributed by atoms with Crippen LogP contribution in [0.25, 0.3) is 5.76 Å². The molecular weight excluding hydrogens is 369 g/mol. The van der Waals surface area contributed by atoms with Crippen LogP contribution in [0.5, 0.6) is 11.5 Å². The number of carbonyl (C=O) groups is 2. The molecule has 1 unspecified atom stereocenters. The number of benzene rings is 2. The van der Waals surface area contributed by atoms with Crippen molar-refractivity contribution in [2.24, 2.45) is 0 Å². The minimum Gasteiger partial charge on any atom is -0.507 e. The fourth-order valence-corrected chi connectivity index (χ4v) is 3.19. The number of aliphatic hydroxyl groups is 2. The highest BCUT2D eigenvalue weighted by Crippen LogP contribution is 2.41. The van der Waals surface area contributed by atoms with E-state index in [0.29, 0.717) is 5.56 Å². The number of nitrogens with zero attached hydrogens (tertiary/aromatic N) is 1. The molecule has 3 N–H and O–H groups in total. The Morgan fingerprint density at radius 2 is 1.86 bits per heavy atom. The molecule has 28 heavy (non-hydrogen) atoms. The van der Waals surface area contributed by atoms with Crippen molar-refractivity contribution in [3.8, 4) is 11.5 Å². The number of ketones is 1. The van der Waals surface area contributed by atoms with Crippen molar-refractivity contribution in [2.45, 2.75) is 6.04 Å². The first-order valence-corrected chi connectivity index (χ1v) is 8.41. The Labute approximate surface area is 159 Å². The number of hydrogen-bond acceptors (Lipinski definition) is 6. The van der Waals surface area contributed by atoms with Crippen LogP contribution in [0.3, 0.4) is 0 Å². The largest absolute Gasteiger partial charge is 0.507 e. The number of hydrogen-bond donors (Lipinski definition) is 3. The van der Waals surface area contributed by atoms with Crippen molar-refractivity contribution in [3.63, 3.8) is 0 Å². The lowest BCUT2D eigenvalue weighted by molar-refractivity contribution is -0.140. The summed E-state index contributed by atoms with van der Waals surface area (Å²) in [6, 6.07) is 8.08. The first kappa shape index (κ1) is 19.4. The van der Waals surface area contributed by atoms with Crippen LogP contribution in [0.15, 0.2) is 48.0 Å². The quantitative estimate of drug-likeness (QED) is 0.411. The third kappa shape index (κ3) is 3.29. The molecule has 7 nitrogen and oxygen atoms in total. The minimum atomic E-state index is -1.01. The van der Waals surface area contributed by atoms with E-state index < -0.39 is 35.9 Å². The summed E-state index contributed by atoms with van der Waals surface area (Å²) in [5, 5.41) is 29.9. The van der Waals surface area contributed by atoms with E-state index in [-0.39, 0.29) is 29.2 Å². The molecule has 0 aromatic heterocycles. The van der Waals surface area contributed by atoms with Crippen molar-refractivity contribution >= 4 is 17.4 Å². The number of methoxy groups -OCH3 is 1. The molecule has 0 aliphatic carbocycles. The first-order chi connectivity index (χ1) is 13.4. The van der Waals surface area contributed by atoms with Crippen molar-refractivity contribution in [1.82, 2.24) is 4.90 Å². The van der Waals surface area contributed by atoms with Crippen LogP contribution in [-0.4, -0.2) is 52.2 Å². The summed E-state index contributed by atoms with van der Waals surface area (Å²) in [4.78, 5) is 26.2. The molecule has 1 saturated heterocycles. The minimum absolute atomic E-state index is 0.119. The molecule has 0 spiro atoms. The van der Waals surface area contributed by atoms with Gasteiger partial charge in [0, 0.05) is 12.1 Å². The number of phenolic OH excluding ortho intramolecular Hbond substituents is 1. The molecule has 8 heteroatoms. The first-order valence-electron chi connectivity index (χ1n) is 8.41. The summed E-state index contributed by atoms with van der Waals surface area (Å²) < 4.78 is 18.3. The van der Waals surface area contributed by atoms with Gasteiger partial charge in [-0.3, -0.25) is 9.59 Å². The highest BCUT2D eigenvalue weighted by Gasteiger charge is 2.46. The summed E-state index contributed by atoms with van der Waals surface area (Å²) >= 11 is 0. The van der Waals surface area contributed by atoms with E-state index in [0.717, 1.165) is 17.0 Å². The molecule has 1 aliphatic heterocycles. The highest BCUT2D eigenvalue weighted by molar-refractivity contribution is 6.46. The second-order valence-electron chi connectivity index (χ2n) is 6.15. The van der Waals surface area contributed by atoms with E-state index in [4.69, 9.17) is 4.74 Å². The lowest BCUT2D eigenvalue weighted by atomic mass is 9.95. The standard InChI is InChI=1S/C20H18FNO6/c1-28-15-10-12(4-7-14(15)24)17-16(19(26)20(27)22(17)8-9-23)18(25)11-2-5-13(21)6-3-11/h2-7,10,17,23-25H,8-9H2,1H3/b18-16-. The molecule has 2 aromatic carbocycles. The van der Waals surface area contributed by atoms with Crippen molar-refractivity contribution in [1.29, 1.82) is 0 Å². The fraction of sp³-hybridized carbons (Fsp3) is 0.200. The fourth-order valence-electron chi connectivity index (χ4n) is 3.19. The van der Waals surface area contributed by atoms with E-state index in [1.807, 2.05) is 0 Å². The molecule has 1 atom stereocenters. The van der Waals surface area contributed by atoms with Gasteiger partial charge in [-0.2, -0.15) is 0 Å². The SMILES string of the molecule is COc1cc(C2/C(=C(/O)c3ccc(F)cc3)C(=O)C(=O)N2CCO)ccc1O. The molecule has 0 saturated carbocycles. The average Bonchev–Trinajstić information content (AvgIpc) is 2.94. The zero-order chi connectivity index (χ0) is 20.4. The van der Waals surface area contributed by atoms with Gasteiger partial charge < -0.3 is 25.0 Å². The number of rotatable bonds is 5. The smallest absolute Gasteiger partial charge is 0.295 e. The Kier molecular flexibility index (Phi) is 5.32. The predicted octanol–water partition coefficient (Wildman–Crippen LogP) is 1.95. The molecule has 1 fully saturated rings. The van der Waals surface area contributed by atoms with Gasteiger partial charge in [-0.15, -0.1) is 0 Å². The second-order valence-corrected chi connectivity index (χ2v) is 6.15. The van der Waals surface area contributed by atoms with E-state index >= 15 is 0 Å². The van der Waals surface area contributed by atoms with Crippen LogP contribution in [0, 0.1) is 5.82 Å². The molecule has 3 rings (SSSR count). The van der Waals surface area contributed by atoms with E-state index in [1.165, 1.54) is 37.4 Å². The third-order valence-electron chi connectivity index (χ3n) is 4.52. The molecule has 0 bridgehead atoms. The number of amides is 1. The molecule has 0 radical (unpaired) electrons. The Bertz CT molecular complexity index is 954. The summed E-state index contributed by atoms with van der Waals surface area (Å²) in [5.74, 6) is -2.80. The number of β-amino-alcohol motifs (C(OH)–C–C–N with tert-alkyl or cyclic N) is 1. The number of ether oxygens (including phenoxy) is 1. The Balaban J connectivity index is 2.20. The van der Waals surface area contributed by atoms with Gasteiger partial charge >= 0.3 is 0 Å². The molecule has 1 heterocycles. The molecular formula is C20H18FNO6. The van der Waals surface area contributed by atoms with Gasteiger partial charge in [-0.25, -0.2) is 4.39 Å². The van der Waals surface area contributed by atoms with E-state index in [1.54, 1.807) is 0 Å². The molecule has 2 aromatic rings. The predicted molar refractivity (Wildman–Crippen MR) is 97.2 cm³/mol. The van der Waals surface area contributed by atoms with Gasteiger partial charge in [0.2, 0.25) is 0 Å². The highest BCUT2D eigenvalue weighted by atomic mass is 19.1. The van der Waals surface area contributed by atoms with E-state index in [2.05, 4.69) is 0 Å². The van der Waals surface area contributed by atoms with Crippen LogP contribution >= 0.6 is 0 Å². The van der Waals surface area contributed by atoms with Crippen LogP contribution < -0.4 is 4.74 Å². The van der Waals surface area contributed by atoms with Crippen LogP contribution in [0.2, 0.25) is 0 Å². The van der Waals surface area contributed by atoms with Gasteiger partial charge in [0.1, 0.15) is 11.6 Å². The number of aromatic hydroxyl groups is 1. The number of phenols is 1. The zero-order valence-corrected chi connectivity index (χ0v) is 14.9. The Morgan fingerprint density at radius 3 is 2.46 bits per heavy atom. The zero-order valence-electron chi connectivity index (χ0n) is 14.9. The lowest BCUT2D eigenvalue weighted by Crippen LogP contribution is -2.32. The van der Waals surface area contributed by atoms with Gasteiger partial charge in [-0.05, 0) is 42.0 Å². The second kappa shape index (κ2) is 7.69. The lowest BCUT2D eigenvalue weighted by Gasteiger charge is -2.25. The normalized spacial score (nSPS) is 18.5. The number of aliphatic hydroxyl groups excluding tert-OH is 2. The Hall–Kier alpha value is -3.39. The Morgan fingerprint density at radius 1 is 1.18 bits per heavy atom. The maximum absolute atomic E-state index is 13.2. The number of likely N-dealkylation sites (tertiary alicyclic amines) is 1. The maximum Gasteiger partial charge on any atom is 0.295 e. The van der Waals surface area contributed by atoms with Crippen molar-refractivity contribution in [2.75, 3.05) is 20.3 Å². The van der Waals surface area contributed by atoms with Gasteiger partial charge in [-0.1, -0.05) is 6.07 Å². The summed E-state index contributed by atoms with van der Waals surface area (Å²) in [7, 11) is 1.35. The van der Waals surface area contributed by atoms with Crippen molar-refractivity contribution < 1.29 is 34.0 Å². The van der Waals surface area contributed by atoms with Crippen LogP contribution in [0.1, 0.15) is 17.2 Å². The summed E-state index contributed by atoms with van der Waals surface area (Å²) in [6.45, 7) is -0.534. The molecule has 1 aliphatic rings. The third-order valence-corrected chi connectivity index (χ3v) is 4.52. The van der Waals surface area contributed by atoms with Crippen LogP contribution in [0.4, 0.5) is 4.39 Å². The monoisotopic (exact) mass is 387 g/mol. The number of carbonyl (C=O) groups excluding carboxylic acids is 2. The van der Waals surface area contributed by atoms with E-state index in [9.17, 15) is 29.3 Å². The van der Waals surface area contributed by atoms with Gasteiger partial charge in [0.25, 0.3) is 11.7 Å². The van der Waals surface area contributed by atoms with Gasteiger partial charge in [0.15, 0.2) is 11.5 Å². The van der Waals surface area contributed by atoms with Crippen molar-refractivity contribution in [3.05, 3.63) is 65.0 Å². The summed E-state index contributed by atoms with van der Waals surface area (Å²) in [6.07, 6.45) is 0. The van der Waals surface area contributed by atoms with Gasteiger partial charge in [0.05, 0.1) is 25.3 Å². The number of halogens is 1. The average molecular weight is 387 g/mol. The maximum atomic E-state index is 13.2. The molecule has 1 amide bonds. The van der Waals surface area contributed by atoms with Crippen LogP contribution in [-0.2, 0) is 9.59 Å².